The van der Waals surface area contributed by atoms with Crippen LogP contribution >= 0.6 is 11.3 Å². The first kappa shape index (κ1) is 18.0. The number of quaternary nitrogens is 1. The molecule has 0 radical (unpaired) electrons. The Labute approximate surface area is 144 Å². The summed E-state index contributed by atoms with van der Waals surface area (Å²) in [5.74, 6) is 0.941. The first-order valence-corrected chi connectivity index (χ1v) is 9.20. The third-order valence-corrected chi connectivity index (χ3v) is 4.61. The molecular weight excluding hydrogens is 302 g/mol. The highest BCUT2D eigenvalue weighted by Gasteiger charge is 2.28. The van der Waals surface area contributed by atoms with Crippen LogP contribution in [0.5, 0.6) is 5.75 Å². The van der Waals surface area contributed by atoms with Crippen molar-refractivity contribution in [3.8, 4) is 5.75 Å². The van der Waals surface area contributed by atoms with Crippen molar-refractivity contribution in [1.82, 2.24) is 0 Å². The molecule has 0 aliphatic heterocycles. The lowest BCUT2D eigenvalue weighted by molar-refractivity contribution is -0.737. The van der Waals surface area contributed by atoms with E-state index in [0.717, 1.165) is 12.3 Å². The summed E-state index contributed by atoms with van der Waals surface area (Å²) >= 11 is 1.73. The van der Waals surface area contributed by atoms with Crippen LogP contribution < -0.4 is 10.1 Å². The van der Waals surface area contributed by atoms with Gasteiger partial charge in [0.05, 0.1) is 5.54 Å². The third-order valence-electron chi connectivity index (χ3n) is 3.76. The van der Waals surface area contributed by atoms with Gasteiger partial charge in [0, 0.05) is 16.9 Å². The molecule has 0 saturated carbocycles. The predicted octanol–water partition coefficient (Wildman–Crippen LogP) is 4.61. The summed E-state index contributed by atoms with van der Waals surface area (Å²) in [7, 11) is 0. The van der Waals surface area contributed by atoms with Crippen LogP contribution in [-0.2, 0) is 13.2 Å². The zero-order valence-electron chi connectivity index (χ0n) is 15.1. The quantitative estimate of drug-likeness (QED) is 0.787. The average molecular weight is 333 g/mol. The molecule has 2 aromatic rings. The van der Waals surface area contributed by atoms with Crippen molar-refractivity contribution in [2.75, 3.05) is 0 Å². The predicted molar refractivity (Wildman–Crippen MR) is 98.9 cm³/mol. The van der Waals surface area contributed by atoms with E-state index in [4.69, 9.17) is 4.74 Å². The Kier molecular flexibility index (Phi) is 5.88. The van der Waals surface area contributed by atoms with Crippen molar-refractivity contribution < 1.29 is 10.1 Å². The molecule has 1 aromatic heterocycles. The Morgan fingerprint density at radius 3 is 2.26 bits per heavy atom. The van der Waals surface area contributed by atoms with E-state index < -0.39 is 0 Å². The zero-order chi connectivity index (χ0) is 16.9. The van der Waals surface area contributed by atoms with Gasteiger partial charge in [-0.3, -0.25) is 0 Å². The average Bonchev–Trinajstić information content (AvgIpc) is 2.95. The number of benzene rings is 1. The monoisotopic (exact) mass is 332 g/mol. The normalized spacial score (nSPS) is 12.4. The second-order valence-corrected chi connectivity index (χ2v) is 9.18. The summed E-state index contributed by atoms with van der Waals surface area (Å²) < 4.78 is 5.82. The second kappa shape index (κ2) is 7.50. The lowest BCUT2D eigenvalue weighted by Crippen LogP contribution is -2.94. The first-order valence-electron chi connectivity index (χ1n) is 8.32. The number of rotatable bonds is 7. The molecule has 0 aliphatic carbocycles. The van der Waals surface area contributed by atoms with Crippen LogP contribution in [-0.4, -0.2) is 5.54 Å². The van der Waals surface area contributed by atoms with Gasteiger partial charge in [-0.15, -0.1) is 11.3 Å². The van der Waals surface area contributed by atoms with Crippen molar-refractivity contribution in [3.63, 3.8) is 0 Å². The Morgan fingerprint density at radius 1 is 1.00 bits per heavy atom. The lowest BCUT2D eigenvalue weighted by Gasteiger charge is -2.30. The largest absolute Gasteiger partial charge is 0.488 e. The maximum absolute atomic E-state index is 5.82. The van der Waals surface area contributed by atoms with Crippen molar-refractivity contribution >= 4 is 11.3 Å². The molecule has 2 N–H and O–H groups in total. The molecule has 0 unspecified atom stereocenters. The van der Waals surface area contributed by atoms with Crippen LogP contribution in [0, 0.1) is 5.41 Å². The Hall–Kier alpha value is -1.32. The van der Waals surface area contributed by atoms with E-state index in [2.05, 4.69) is 81.7 Å². The summed E-state index contributed by atoms with van der Waals surface area (Å²) in [6.45, 7) is 13.2. The summed E-state index contributed by atoms with van der Waals surface area (Å²) in [6, 6.07) is 12.7. The number of hydrogen-bond donors (Lipinski definition) is 1. The topological polar surface area (TPSA) is 25.8 Å². The van der Waals surface area contributed by atoms with E-state index in [1.807, 2.05) is 0 Å². The highest BCUT2D eigenvalue weighted by Crippen LogP contribution is 2.24. The third kappa shape index (κ3) is 6.76. The molecule has 2 rings (SSSR count). The number of ether oxygens (including phenoxy) is 1. The Morgan fingerprint density at radius 2 is 1.70 bits per heavy atom. The minimum absolute atomic E-state index is 0.257. The molecule has 2 nitrogen and oxygen atoms in total. The van der Waals surface area contributed by atoms with Gasteiger partial charge in [-0.2, -0.15) is 0 Å². The molecular formula is C20H30NOS+. The molecule has 126 valence electrons. The maximum atomic E-state index is 5.82. The van der Waals surface area contributed by atoms with Crippen molar-refractivity contribution in [3.05, 3.63) is 52.2 Å². The van der Waals surface area contributed by atoms with Crippen LogP contribution in [0.15, 0.2) is 41.8 Å². The SMILES string of the molecule is CC(C)(C)CC(C)(C)[NH2+]Cc1ccc(OCc2cccs2)cc1. The van der Waals surface area contributed by atoms with Crippen molar-refractivity contribution in [2.45, 2.75) is 59.7 Å². The van der Waals surface area contributed by atoms with E-state index in [1.165, 1.54) is 16.9 Å². The number of thiophene rings is 1. The van der Waals surface area contributed by atoms with E-state index >= 15 is 0 Å². The van der Waals surface area contributed by atoms with E-state index in [0.29, 0.717) is 12.0 Å². The summed E-state index contributed by atoms with van der Waals surface area (Å²) in [4.78, 5) is 1.26. The minimum Gasteiger partial charge on any atom is -0.488 e. The maximum Gasteiger partial charge on any atom is 0.122 e. The van der Waals surface area contributed by atoms with Gasteiger partial charge in [0.15, 0.2) is 0 Å². The summed E-state index contributed by atoms with van der Waals surface area (Å²) in [5.41, 5.74) is 1.96. The van der Waals surface area contributed by atoms with Crippen LogP contribution in [0.1, 0.15) is 51.5 Å². The molecule has 3 heteroatoms. The second-order valence-electron chi connectivity index (χ2n) is 8.15. The van der Waals surface area contributed by atoms with Gasteiger partial charge in [-0.1, -0.05) is 26.8 Å². The molecule has 0 saturated heterocycles. The molecule has 0 amide bonds. The highest BCUT2D eigenvalue weighted by molar-refractivity contribution is 7.09. The van der Waals surface area contributed by atoms with Gasteiger partial charge < -0.3 is 10.1 Å². The fourth-order valence-electron chi connectivity index (χ4n) is 3.10. The van der Waals surface area contributed by atoms with Crippen LogP contribution in [0.2, 0.25) is 0 Å². The molecule has 1 heterocycles. The Balaban J connectivity index is 1.82. The fraction of sp³-hybridized carbons (Fsp3) is 0.500. The molecule has 23 heavy (non-hydrogen) atoms. The van der Waals surface area contributed by atoms with Crippen LogP contribution in [0.25, 0.3) is 0 Å². The molecule has 0 bridgehead atoms. The number of hydrogen-bond acceptors (Lipinski definition) is 2. The molecule has 1 aromatic carbocycles. The minimum atomic E-state index is 0.257. The molecule has 0 spiro atoms. The van der Waals surface area contributed by atoms with E-state index in [1.54, 1.807) is 11.3 Å². The summed E-state index contributed by atoms with van der Waals surface area (Å²) in [6.07, 6.45) is 1.20. The lowest BCUT2D eigenvalue weighted by atomic mass is 9.82. The zero-order valence-corrected chi connectivity index (χ0v) is 15.9. The molecule has 0 atom stereocenters. The molecule has 0 fully saturated rings. The standard InChI is InChI=1S/C20H29NOS/c1-19(2,3)15-20(4,5)21-13-16-8-10-17(11-9-16)22-14-18-7-6-12-23-18/h6-12,21H,13-15H2,1-5H3/p+1. The van der Waals surface area contributed by atoms with Gasteiger partial charge >= 0.3 is 0 Å². The fourth-order valence-corrected chi connectivity index (χ4v) is 3.72. The van der Waals surface area contributed by atoms with Crippen molar-refractivity contribution in [1.29, 1.82) is 0 Å². The van der Waals surface area contributed by atoms with Crippen LogP contribution in [0.4, 0.5) is 0 Å². The smallest absolute Gasteiger partial charge is 0.122 e. The van der Waals surface area contributed by atoms with E-state index in [9.17, 15) is 0 Å². The van der Waals surface area contributed by atoms with Gasteiger partial charge in [-0.25, -0.2) is 0 Å². The van der Waals surface area contributed by atoms with Crippen molar-refractivity contribution in [2.24, 2.45) is 5.41 Å². The van der Waals surface area contributed by atoms with E-state index in [-0.39, 0.29) is 5.54 Å². The van der Waals surface area contributed by atoms with Gasteiger partial charge in [-0.05, 0) is 55.0 Å². The first-order chi connectivity index (χ1) is 10.7. The van der Waals surface area contributed by atoms with Crippen LogP contribution in [0.3, 0.4) is 0 Å². The highest BCUT2D eigenvalue weighted by atomic mass is 32.1. The van der Waals surface area contributed by atoms with Gasteiger partial charge in [0.25, 0.3) is 0 Å². The molecule has 0 aliphatic rings. The summed E-state index contributed by atoms with van der Waals surface area (Å²) in [5, 5.41) is 4.52. The van der Waals surface area contributed by atoms with Gasteiger partial charge in [0.2, 0.25) is 0 Å². The number of nitrogens with two attached hydrogens (primary N) is 1. The van der Waals surface area contributed by atoms with Gasteiger partial charge in [0.1, 0.15) is 18.9 Å². The Bertz CT molecular complexity index is 579.